The zero-order valence-electron chi connectivity index (χ0n) is 17.6. The Morgan fingerprint density at radius 1 is 0.889 bits per heavy atom. The van der Waals surface area contributed by atoms with E-state index in [9.17, 15) is 0 Å². The van der Waals surface area contributed by atoms with Gasteiger partial charge in [0.25, 0.3) is 0 Å². The second-order valence-corrected chi connectivity index (χ2v) is 7.86. The number of aryl methyl sites for hydroxylation is 3. The van der Waals surface area contributed by atoms with Gasteiger partial charge in [0.2, 0.25) is 0 Å². The molecular formula is C25H36N2. The van der Waals surface area contributed by atoms with Crippen LogP contribution in [0.15, 0.2) is 30.5 Å². The Labute approximate surface area is 166 Å². The molecule has 0 atom stereocenters. The molecule has 146 valence electrons. The minimum absolute atomic E-state index is 1.06. The summed E-state index contributed by atoms with van der Waals surface area (Å²) in [6, 6.07) is 9.11. The van der Waals surface area contributed by atoms with E-state index >= 15 is 0 Å². The van der Waals surface area contributed by atoms with Crippen LogP contribution >= 0.6 is 0 Å². The number of hydrogen-bond donors (Lipinski definition) is 0. The lowest BCUT2D eigenvalue weighted by Gasteiger charge is -2.35. The first kappa shape index (κ1) is 19.9. The van der Waals surface area contributed by atoms with Gasteiger partial charge in [-0.3, -0.25) is 4.98 Å². The van der Waals surface area contributed by atoms with Crippen molar-refractivity contribution in [2.75, 3.05) is 18.0 Å². The number of rotatable bonds is 10. The fourth-order valence-electron chi connectivity index (χ4n) is 4.14. The van der Waals surface area contributed by atoms with Crippen molar-refractivity contribution in [3.05, 3.63) is 47.2 Å². The van der Waals surface area contributed by atoms with Gasteiger partial charge in [0.1, 0.15) is 0 Å². The van der Waals surface area contributed by atoms with Gasteiger partial charge in [-0.25, -0.2) is 0 Å². The van der Waals surface area contributed by atoms with E-state index in [0.717, 1.165) is 12.8 Å². The summed E-state index contributed by atoms with van der Waals surface area (Å²) < 4.78 is 0. The first-order valence-corrected chi connectivity index (χ1v) is 11.1. The summed E-state index contributed by atoms with van der Waals surface area (Å²) in [5, 5.41) is 0. The van der Waals surface area contributed by atoms with Crippen molar-refractivity contribution in [3.63, 3.8) is 0 Å². The molecule has 0 aliphatic carbocycles. The van der Waals surface area contributed by atoms with E-state index in [1.54, 1.807) is 0 Å². The maximum absolute atomic E-state index is 4.96. The molecular weight excluding hydrogens is 328 g/mol. The molecule has 27 heavy (non-hydrogen) atoms. The molecule has 2 heteroatoms. The summed E-state index contributed by atoms with van der Waals surface area (Å²) >= 11 is 0. The molecule has 0 amide bonds. The van der Waals surface area contributed by atoms with Crippen LogP contribution in [-0.4, -0.2) is 18.1 Å². The molecule has 0 radical (unpaired) electrons. The third kappa shape index (κ3) is 4.72. The van der Waals surface area contributed by atoms with Crippen LogP contribution in [-0.2, 0) is 19.3 Å². The SMILES string of the molecule is CCCCCCCc1cnc(-c2c(CC)cccc2CC)cc1N1CCC1. The Bertz CT molecular complexity index is 709. The van der Waals surface area contributed by atoms with Gasteiger partial charge in [-0.15, -0.1) is 0 Å². The van der Waals surface area contributed by atoms with E-state index in [1.807, 2.05) is 0 Å². The summed E-state index contributed by atoms with van der Waals surface area (Å²) in [5.74, 6) is 0. The fourth-order valence-corrected chi connectivity index (χ4v) is 4.14. The zero-order valence-corrected chi connectivity index (χ0v) is 17.6. The monoisotopic (exact) mass is 364 g/mol. The lowest BCUT2D eigenvalue weighted by Crippen LogP contribution is -2.37. The van der Waals surface area contributed by atoms with Crippen molar-refractivity contribution in [2.24, 2.45) is 0 Å². The highest BCUT2D eigenvalue weighted by molar-refractivity contribution is 5.72. The molecule has 2 heterocycles. The van der Waals surface area contributed by atoms with Crippen LogP contribution in [0.25, 0.3) is 11.3 Å². The summed E-state index contributed by atoms with van der Waals surface area (Å²) in [4.78, 5) is 7.50. The Balaban J connectivity index is 1.88. The number of benzene rings is 1. The number of unbranched alkanes of at least 4 members (excludes halogenated alkanes) is 4. The summed E-state index contributed by atoms with van der Waals surface area (Å²) in [5.41, 5.74) is 8.27. The fraction of sp³-hybridized carbons (Fsp3) is 0.560. The minimum Gasteiger partial charge on any atom is -0.371 e. The number of aromatic nitrogens is 1. The molecule has 3 rings (SSSR count). The molecule has 0 saturated carbocycles. The molecule has 0 N–H and O–H groups in total. The Morgan fingerprint density at radius 2 is 1.59 bits per heavy atom. The standard InChI is InChI=1S/C25H36N2/c1-4-7-8-9-10-13-22-19-26-23(18-24(22)27-16-12-17-27)25-20(5-2)14-11-15-21(25)6-3/h11,14-15,18-19H,4-10,12-13,16-17H2,1-3H3. The smallest absolute Gasteiger partial charge is 0.0728 e. The quantitative estimate of drug-likeness (QED) is 0.442. The third-order valence-corrected chi connectivity index (χ3v) is 5.96. The molecule has 0 spiro atoms. The van der Waals surface area contributed by atoms with Crippen LogP contribution in [0.5, 0.6) is 0 Å². The molecule has 0 bridgehead atoms. The highest BCUT2D eigenvalue weighted by atomic mass is 15.2. The maximum atomic E-state index is 4.96. The molecule has 0 unspecified atom stereocenters. The van der Waals surface area contributed by atoms with Gasteiger partial charge in [0, 0.05) is 30.5 Å². The van der Waals surface area contributed by atoms with Crippen molar-refractivity contribution >= 4 is 5.69 Å². The first-order chi connectivity index (χ1) is 13.3. The van der Waals surface area contributed by atoms with Crippen molar-refractivity contribution < 1.29 is 0 Å². The Kier molecular flexibility index (Phi) is 7.32. The highest BCUT2D eigenvalue weighted by Crippen LogP contribution is 2.33. The predicted octanol–water partition coefficient (Wildman–Crippen LogP) is 6.60. The number of nitrogens with zero attached hydrogens (tertiary/aromatic N) is 2. The Morgan fingerprint density at radius 3 is 2.19 bits per heavy atom. The van der Waals surface area contributed by atoms with Gasteiger partial charge in [-0.05, 0) is 54.9 Å². The van der Waals surface area contributed by atoms with E-state index in [1.165, 1.54) is 91.7 Å². The van der Waals surface area contributed by atoms with Crippen molar-refractivity contribution in [2.45, 2.75) is 78.6 Å². The lowest BCUT2D eigenvalue weighted by molar-refractivity contribution is 0.606. The van der Waals surface area contributed by atoms with E-state index < -0.39 is 0 Å². The molecule has 1 fully saturated rings. The normalized spacial score (nSPS) is 13.7. The average Bonchev–Trinajstić information content (AvgIpc) is 2.66. The number of hydrogen-bond acceptors (Lipinski definition) is 2. The van der Waals surface area contributed by atoms with Crippen LogP contribution in [0, 0.1) is 0 Å². The zero-order chi connectivity index (χ0) is 19.1. The summed E-state index contributed by atoms with van der Waals surface area (Å²) in [6.45, 7) is 9.17. The van der Waals surface area contributed by atoms with E-state index in [0.29, 0.717) is 0 Å². The molecule has 2 aromatic rings. The van der Waals surface area contributed by atoms with Gasteiger partial charge >= 0.3 is 0 Å². The molecule has 1 aliphatic rings. The van der Waals surface area contributed by atoms with Gasteiger partial charge in [-0.1, -0.05) is 64.7 Å². The van der Waals surface area contributed by atoms with Crippen LogP contribution in [0.4, 0.5) is 5.69 Å². The predicted molar refractivity (Wildman–Crippen MR) is 118 cm³/mol. The second-order valence-electron chi connectivity index (χ2n) is 7.86. The topological polar surface area (TPSA) is 16.1 Å². The molecule has 1 saturated heterocycles. The number of anilines is 1. The second kappa shape index (κ2) is 9.92. The van der Waals surface area contributed by atoms with E-state index in [-0.39, 0.29) is 0 Å². The summed E-state index contributed by atoms with van der Waals surface area (Å²) in [6.07, 6.45) is 13.4. The van der Waals surface area contributed by atoms with Crippen molar-refractivity contribution in [1.82, 2.24) is 4.98 Å². The Hall–Kier alpha value is -1.83. The van der Waals surface area contributed by atoms with Crippen LogP contribution in [0.3, 0.4) is 0 Å². The van der Waals surface area contributed by atoms with Gasteiger partial charge in [0.15, 0.2) is 0 Å². The van der Waals surface area contributed by atoms with Crippen molar-refractivity contribution in [1.29, 1.82) is 0 Å². The van der Waals surface area contributed by atoms with E-state index in [4.69, 9.17) is 4.98 Å². The van der Waals surface area contributed by atoms with Crippen molar-refractivity contribution in [3.8, 4) is 11.3 Å². The third-order valence-electron chi connectivity index (χ3n) is 5.96. The largest absolute Gasteiger partial charge is 0.371 e. The average molecular weight is 365 g/mol. The van der Waals surface area contributed by atoms with Crippen LogP contribution in [0.1, 0.15) is 76.0 Å². The van der Waals surface area contributed by atoms with E-state index in [2.05, 4.69) is 56.1 Å². The summed E-state index contributed by atoms with van der Waals surface area (Å²) in [7, 11) is 0. The van der Waals surface area contributed by atoms with Crippen LogP contribution < -0.4 is 4.90 Å². The van der Waals surface area contributed by atoms with Gasteiger partial charge in [-0.2, -0.15) is 0 Å². The van der Waals surface area contributed by atoms with Crippen LogP contribution in [0.2, 0.25) is 0 Å². The molecule has 1 aromatic heterocycles. The first-order valence-electron chi connectivity index (χ1n) is 11.1. The molecule has 1 aromatic carbocycles. The van der Waals surface area contributed by atoms with Gasteiger partial charge in [0.05, 0.1) is 5.69 Å². The molecule has 1 aliphatic heterocycles. The van der Waals surface area contributed by atoms with Gasteiger partial charge < -0.3 is 4.90 Å². The lowest BCUT2D eigenvalue weighted by atomic mass is 9.93. The minimum atomic E-state index is 1.06. The highest BCUT2D eigenvalue weighted by Gasteiger charge is 2.20. The molecule has 2 nitrogen and oxygen atoms in total. The number of pyridine rings is 1. The maximum Gasteiger partial charge on any atom is 0.0728 e.